The van der Waals surface area contributed by atoms with Crippen molar-refractivity contribution in [1.29, 1.82) is 0 Å². The molecule has 0 saturated carbocycles. The summed E-state index contributed by atoms with van der Waals surface area (Å²) < 4.78 is 5.78. The Balaban J connectivity index is 1.81. The first-order valence-electron chi connectivity index (χ1n) is 8.03. The Hall–Kier alpha value is -1.11. The first kappa shape index (κ1) is 17.2. The molecule has 1 saturated heterocycles. The maximum Gasteiger partial charge on any atom is 0.191 e. The molecule has 2 rings (SSSR count). The van der Waals surface area contributed by atoms with Crippen molar-refractivity contribution in [2.75, 3.05) is 46.4 Å². The third-order valence-corrected chi connectivity index (χ3v) is 4.52. The Kier molecular flexibility index (Phi) is 7.15. The Morgan fingerprint density at radius 3 is 3.09 bits per heavy atom. The third kappa shape index (κ3) is 5.59. The van der Waals surface area contributed by atoms with Gasteiger partial charge in [-0.25, -0.2) is 0 Å². The van der Waals surface area contributed by atoms with E-state index in [1.807, 2.05) is 0 Å². The molecule has 2 heterocycles. The number of nitrogens with zero attached hydrogens (tertiary/aromatic N) is 2. The van der Waals surface area contributed by atoms with Gasteiger partial charge in [-0.2, -0.15) is 11.3 Å². The van der Waals surface area contributed by atoms with Crippen molar-refractivity contribution in [3.05, 3.63) is 22.4 Å². The molecule has 0 spiro atoms. The summed E-state index contributed by atoms with van der Waals surface area (Å²) in [6.45, 7) is 9.55. The third-order valence-electron chi connectivity index (χ3n) is 3.82. The van der Waals surface area contributed by atoms with E-state index >= 15 is 0 Å². The lowest BCUT2D eigenvalue weighted by atomic mass is 10.1. The molecule has 22 heavy (non-hydrogen) atoms. The molecular formula is C16H28N4OS. The highest BCUT2D eigenvalue weighted by Crippen LogP contribution is 2.18. The fraction of sp³-hybridized carbons (Fsp3) is 0.688. The van der Waals surface area contributed by atoms with Crippen molar-refractivity contribution >= 4 is 17.3 Å². The molecule has 0 aromatic carbocycles. The molecule has 0 aliphatic carbocycles. The second-order valence-electron chi connectivity index (χ2n) is 5.81. The van der Waals surface area contributed by atoms with Crippen LogP contribution in [-0.2, 0) is 4.74 Å². The average molecular weight is 324 g/mol. The van der Waals surface area contributed by atoms with Gasteiger partial charge in [0.25, 0.3) is 0 Å². The van der Waals surface area contributed by atoms with Gasteiger partial charge in [-0.05, 0) is 36.4 Å². The molecule has 124 valence electrons. The van der Waals surface area contributed by atoms with Crippen LogP contribution in [0.2, 0.25) is 0 Å². The van der Waals surface area contributed by atoms with E-state index in [2.05, 4.69) is 53.3 Å². The van der Waals surface area contributed by atoms with Crippen LogP contribution in [0, 0.1) is 0 Å². The first-order valence-corrected chi connectivity index (χ1v) is 8.97. The van der Waals surface area contributed by atoms with Crippen LogP contribution in [0.25, 0.3) is 0 Å². The number of guanidine groups is 1. The van der Waals surface area contributed by atoms with Crippen LogP contribution >= 0.6 is 11.3 Å². The van der Waals surface area contributed by atoms with Gasteiger partial charge in [0.15, 0.2) is 5.96 Å². The van der Waals surface area contributed by atoms with Crippen molar-refractivity contribution in [3.8, 4) is 0 Å². The average Bonchev–Trinajstić information content (AvgIpc) is 3.04. The van der Waals surface area contributed by atoms with Crippen LogP contribution in [0.1, 0.15) is 25.3 Å². The molecule has 1 aromatic rings. The van der Waals surface area contributed by atoms with Crippen LogP contribution in [0.3, 0.4) is 0 Å². The predicted molar refractivity (Wildman–Crippen MR) is 94.0 cm³/mol. The van der Waals surface area contributed by atoms with Crippen molar-refractivity contribution in [2.45, 2.75) is 25.9 Å². The van der Waals surface area contributed by atoms with E-state index in [1.54, 1.807) is 11.3 Å². The Labute approximate surface area is 137 Å². The van der Waals surface area contributed by atoms with Crippen molar-refractivity contribution in [2.24, 2.45) is 4.99 Å². The highest BCUT2D eigenvalue weighted by atomic mass is 32.1. The van der Waals surface area contributed by atoms with Gasteiger partial charge in [0.1, 0.15) is 0 Å². The highest BCUT2D eigenvalue weighted by Gasteiger charge is 2.17. The summed E-state index contributed by atoms with van der Waals surface area (Å²) in [5.74, 6) is 1.32. The molecule has 1 fully saturated rings. The molecule has 2 N–H and O–H groups in total. The summed E-state index contributed by atoms with van der Waals surface area (Å²) in [6, 6.07) is 2.18. The van der Waals surface area contributed by atoms with E-state index < -0.39 is 0 Å². The smallest absolute Gasteiger partial charge is 0.191 e. The second-order valence-corrected chi connectivity index (χ2v) is 6.59. The minimum atomic E-state index is 0.233. The molecule has 1 aromatic heterocycles. The number of aliphatic imine (C=N–C) groups is 1. The van der Waals surface area contributed by atoms with E-state index in [9.17, 15) is 0 Å². The number of hydrogen-bond donors (Lipinski definition) is 2. The normalized spacial score (nSPS) is 21.6. The van der Waals surface area contributed by atoms with Gasteiger partial charge in [0.05, 0.1) is 12.7 Å². The standard InChI is InChI=1S/C16H28N4OS/c1-4-17-16(18-9-13(2)14-5-8-22-12-14)19-10-15-11-20(3)6-7-21-15/h5,8,12-13,15H,4,6-7,9-11H2,1-3H3,(H2,17,18,19). The summed E-state index contributed by atoms with van der Waals surface area (Å²) in [6.07, 6.45) is 0.233. The molecule has 0 radical (unpaired) electrons. The van der Waals surface area contributed by atoms with Gasteiger partial charge in [-0.1, -0.05) is 6.92 Å². The largest absolute Gasteiger partial charge is 0.374 e. The number of morpholine rings is 1. The fourth-order valence-corrected chi connectivity index (χ4v) is 3.21. The van der Waals surface area contributed by atoms with E-state index in [1.165, 1.54) is 5.56 Å². The topological polar surface area (TPSA) is 48.9 Å². The minimum Gasteiger partial charge on any atom is -0.374 e. The summed E-state index contributed by atoms with van der Waals surface area (Å²) in [4.78, 5) is 7.01. The summed E-state index contributed by atoms with van der Waals surface area (Å²) in [5.41, 5.74) is 1.36. The van der Waals surface area contributed by atoms with Crippen molar-refractivity contribution in [3.63, 3.8) is 0 Å². The van der Waals surface area contributed by atoms with E-state index in [-0.39, 0.29) is 6.10 Å². The lowest BCUT2D eigenvalue weighted by Gasteiger charge is -2.30. The van der Waals surface area contributed by atoms with Crippen LogP contribution in [-0.4, -0.2) is 63.3 Å². The zero-order valence-electron chi connectivity index (χ0n) is 13.8. The van der Waals surface area contributed by atoms with Crippen LogP contribution in [0.5, 0.6) is 0 Å². The number of thiophene rings is 1. The number of likely N-dealkylation sites (N-methyl/N-ethyl adjacent to an activating group) is 1. The van der Waals surface area contributed by atoms with E-state index in [0.717, 1.165) is 45.3 Å². The predicted octanol–water partition coefficient (Wildman–Crippen LogP) is 1.74. The zero-order valence-corrected chi connectivity index (χ0v) is 14.7. The number of ether oxygens (including phenoxy) is 1. The van der Waals surface area contributed by atoms with Gasteiger partial charge in [-0.3, -0.25) is 4.99 Å². The van der Waals surface area contributed by atoms with Crippen LogP contribution < -0.4 is 10.6 Å². The fourth-order valence-electron chi connectivity index (χ4n) is 2.43. The molecule has 2 unspecified atom stereocenters. The number of nitrogens with one attached hydrogen (secondary N) is 2. The first-order chi connectivity index (χ1) is 10.7. The van der Waals surface area contributed by atoms with Crippen LogP contribution in [0.15, 0.2) is 21.8 Å². The van der Waals surface area contributed by atoms with Crippen molar-refractivity contribution in [1.82, 2.24) is 15.5 Å². The zero-order chi connectivity index (χ0) is 15.8. The number of hydrogen-bond acceptors (Lipinski definition) is 4. The molecule has 6 heteroatoms. The van der Waals surface area contributed by atoms with Crippen molar-refractivity contribution < 1.29 is 4.74 Å². The molecule has 1 aliphatic heterocycles. The Bertz CT molecular complexity index is 449. The number of rotatable bonds is 6. The van der Waals surface area contributed by atoms with Gasteiger partial charge in [0, 0.05) is 38.6 Å². The lowest BCUT2D eigenvalue weighted by molar-refractivity contribution is -0.0161. The molecule has 2 atom stereocenters. The maximum atomic E-state index is 5.78. The SMILES string of the molecule is CCNC(=NCC(C)c1ccsc1)NCC1CN(C)CCO1. The molecule has 1 aliphatic rings. The quantitative estimate of drug-likeness (QED) is 0.618. The molecule has 0 amide bonds. The van der Waals surface area contributed by atoms with Gasteiger partial charge in [0.2, 0.25) is 0 Å². The lowest BCUT2D eigenvalue weighted by Crippen LogP contribution is -2.48. The molecule has 0 bridgehead atoms. The summed E-state index contributed by atoms with van der Waals surface area (Å²) in [7, 11) is 2.14. The molecular weight excluding hydrogens is 296 g/mol. The molecule has 5 nitrogen and oxygen atoms in total. The van der Waals surface area contributed by atoms with E-state index in [0.29, 0.717) is 5.92 Å². The maximum absolute atomic E-state index is 5.78. The van der Waals surface area contributed by atoms with E-state index in [4.69, 9.17) is 9.73 Å². The Morgan fingerprint density at radius 2 is 2.41 bits per heavy atom. The second kappa shape index (κ2) is 9.12. The minimum absolute atomic E-state index is 0.233. The summed E-state index contributed by atoms with van der Waals surface area (Å²) >= 11 is 1.74. The van der Waals surface area contributed by atoms with Gasteiger partial charge in [-0.15, -0.1) is 0 Å². The summed E-state index contributed by atoms with van der Waals surface area (Å²) in [5, 5.41) is 11.0. The monoisotopic (exact) mass is 324 g/mol. The van der Waals surface area contributed by atoms with Gasteiger partial charge < -0.3 is 20.3 Å². The Morgan fingerprint density at radius 1 is 1.55 bits per heavy atom. The van der Waals surface area contributed by atoms with Gasteiger partial charge >= 0.3 is 0 Å². The highest BCUT2D eigenvalue weighted by molar-refractivity contribution is 7.07. The van der Waals surface area contributed by atoms with Crippen LogP contribution in [0.4, 0.5) is 0 Å².